The van der Waals surface area contributed by atoms with Gasteiger partial charge in [-0.1, -0.05) is 30.4 Å². The molecule has 21 heavy (non-hydrogen) atoms. The zero-order valence-corrected chi connectivity index (χ0v) is 13.4. The molecule has 0 fully saturated rings. The van der Waals surface area contributed by atoms with Crippen LogP contribution in [0.1, 0.15) is 16.7 Å². The van der Waals surface area contributed by atoms with Crippen LogP contribution in [0.25, 0.3) is 0 Å². The number of hydrogen-bond donors (Lipinski definition) is 2. The van der Waals surface area contributed by atoms with E-state index in [9.17, 15) is 8.42 Å². The van der Waals surface area contributed by atoms with Crippen LogP contribution in [0.3, 0.4) is 0 Å². The highest BCUT2D eigenvalue weighted by Gasteiger charge is 2.15. The molecule has 0 saturated heterocycles. The molecule has 0 aliphatic rings. The number of thiocarbonyl (C=S) groups is 1. The standard InChI is InChI=1S/C15H16N2O2S2/c1-10-6-7-13(8-11(10)2)17-21(18,19)14-5-3-4-12(9-14)15(16)20/h3-9,17H,1-2H3,(H2,16,20). The Kier molecular flexibility index (Phi) is 4.29. The van der Waals surface area contributed by atoms with Crippen LogP contribution in [0.4, 0.5) is 5.69 Å². The SMILES string of the molecule is Cc1ccc(NS(=O)(=O)c2cccc(C(N)=S)c2)cc1C. The van der Waals surface area contributed by atoms with Crippen molar-refractivity contribution in [3.05, 3.63) is 59.2 Å². The molecule has 0 unspecified atom stereocenters. The van der Waals surface area contributed by atoms with Crippen LogP contribution in [0.15, 0.2) is 47.4 Å². The third kappa shape index (κ3) is 3.59. The summed E-state index contributed by atoms with van der Waals surface area (Å²) in [6, 6.07) is 11.7. The summed E-state index contributed by atoms with van der Waals surface area (Å²) in [5.41, 5.74) is 8.70. The molecular weight excluding hydrogens is 304 g/mol. The number of rotatable bonds is 4. The van der Waals surface area contributed by atoms with E-state index in [1.807, 2.05) is 19.9 Å². The summed E-state index contributed by atoms with van der Waals surface area (Å²) in [7, 11) is -3.66. The van der Waals surface area contributed by atoms with E-state index in [1.54, 1.807) is 24.3 Å². The maximum Gasteiger partial charge on any atom is 0.261 e. The molecule has 110 valence electrons. The minimum atomic E-state index is -3.66. The first-order chi connectivity index (χ1) is 9.79. The maximum atomic E-state index is 12.4. The monoisotopic (exact) mass is 320 g/mol. The third-order valence-corrected chi connectivity index (χ3v) is 4.80. The lowest BCUT2D eigenvalue weighted by Crippen LogP contribution is -2.15. The molecule has 0 aliphatic carbocycles. The Morgan fingerprint density at radius 1 is 1.10 bits per heavy atom. The molecule has 3 N–H and O–H groups in total. The first kappa shape index (κ1) is 15.5. The Bertz CT molecular complexity index is 799. The summed E-state index contributed by atoms with van der Waals surface area (Å²) in [4.78, 5) is 0.296. The van der Waals surface area contributed by atoms with Crippen LogP contribution in [-0.4, -0.2) is 13.4 Å². The van der Waals surface area contributed by atoms with Crippen molar-refractivity contribution in [1.29, 1.82) is 0 Å². The smallest absolute Gasteiger partial charge is 0.261 e. The van der Waals surface area contributed by atoms with E-state index in [0.29, 0.717) is 11.3 Å². The number of nitrogens with two attached hydrogens (primary N) is 1. The van der Waals surface area contributed by atoms with E-state index in [4.69, 9.17) is 18.0 Å². The number of hydrogen-bond acceptors (Lipinski definition) is 3. The molecule has 2 rings (SSSR count). The van der Waals surface area contributed by atoms with Crippen LogP contribution < -0.4 is 10.5 Å². The molecule has 0 aromatic heterocycles. The second-order valence-corrected chi connectivity index (χ2v) is 6.92. The largest absolute Gasteiger partial charge is 0.389 e. The lowest BCUT2D eigenvalue weighted by Gasteiger charge is -2.10. The topological polar surface area (TPSA) is 72.2 Å². The maximum absolute atomic E-state index is 12.4. The van der Waals surface area contributed by atoms with Gasteiger partial charge in [0.2, 0.25) is 0 Å². The molecule has 2 aromatic rings. The molecule has 0 bridgehead atoms. The molecule has 6 heteroatoms. The average molecular weight is 320 g/mol. The molecule has 0 spiro atoms. The van der Waals surface area contributed by atoms with Crippen molar-refractivity contribution < 1.29 is 8.42 Å². The van der Waals surface area contributed by atoms with Crippen molar-refractivity contribution in [1.82, 2.24) is 0 Å². The number of benzene rings is 2. The van der Waals surface area contributed by atoms with E-state index in [2.05, 4.69) is 4.72 Å². The van der Waals surface area contributed by atoms with E-state index in [1.165, 1.54) is 12.1 Å². The Morgan fingerprint density at radius 2 is 1.81 bits per heavy atom. The molecule has 4 nitrogen and oxygen atoms in total. The average Bonchev–Trinajstić information content (AvgIpc) is 2.43. The van der Waals surface area contributed by atoms with Crippen molar-refractivity contribution in [2.45, 2.75) is 18.7 Å². The number of sulfonamides is 1. The van der Waals surface area contributed by atoms with Crippen LogP contribution in [0.5, 0.6) is 0 Å². The summed E-state index contributed by atoms with van der Waals surface area (Å²) in [6.07, 6.45) is 0. The highest BCUT2D eigenvalue weighted by molar-refractivity contribution is 7.92. The number of aryl methyl sites for hydroxylation is 2. The predicted octanol–water partition coefficient (Wildman–Crippen LogP) is 2.74. The van der Waals surface area contributed by atoms with Gasteiger partial charge in [0.05, 0.1) is 4.90 Å². The molecule has 0 heterocycles. The molecule has 0 atom stereocenters. The van der Waals surface area contributed by atoms with Gasteiger partial charge in [0, 0.05) is 11.3 Å². The van der Waals surface area contributed by atoms with Crippen LogP contribution >= 0.6 is 12.2 Å². The zero-order valence-electron chi connectivity index (χ0n) is 11.8. The van der Waals surface area contributed by atoms with Gasteiger partial charge >= 0.3 is 0 Å². The summed E-state index contributed by atoms with van der Waals surface area (Å²) in [6.45, 7) is 3.90. The summed E-state index contributed by atoms with van der Waals surface area (Å²) < 4.78 is 27.3. The third-order valence-electron chi connectivity index (χ3n) is 3.19. The van der Waals surface area contributed by atoms with Crippen molar-refractivity contribution in [3.8, 4) is 0 Å². The minimum Gasteiger partial charge on any atom is -0.389 e. The van der Waals surface area contributed by atoms with Crippen molar-refractivity contribution in [2.24, 2.45) is 5.73 Å². The summed E-state index contributed by atoms with van der Waals surface area (Å²) in [5.74, 6) is 0. The molecule has 0 radical (unpaired) electrons. The molecular formula is C15H16N2O2S2. The highest BCUT2D eigenvalue weighted by Crippen LogP contribution is 2.19. The Labute approximate surface area is 130 Å². The van der Waals surface area contributed by atoms with Gasteiger partial charge in [-0.15, -0.1) is 0 Å². The molecule has 0 amide bonds. The summed E-state index contributed by atoms with van der Waals surface area (Å²) >= 11 is 4.87. The van der Waals surface area contributed by atoms with Gasteiger partial charge in [-0.3, -0.25) is 4.72 Å². The van der Waals surface area contributed by atoms with Crippen LogP contribution in [0, 0.1) is 13.8 Å². The molecule has 0 aliphatic heterocycles. The first-order valence-corrected chi connectivity index (χ1v) is 8.19. The van der Waals surface area contributed by atoms with E-state index < -0.39 is 10.0 Å². The normalized spacial score (nSPS) is 11.1. The van der Waals surface area contributed by atoms with Crippen LogP contribution in [0.2, 0.25) is 0 Å². The second-order valence-electron chi connectivity index (χ2n) is 4.80. The Balaban J connectivity index is 2.36. The minimum absolute atomic E-state index is 0.131. The fourth-order valence-corrected chi connectivity index (χ4v) is 3.06. The van der Waals surface area contributed by atoms with Gasteiger partial charge in [-0.2, -0.15) is 0 Å². The van der Waals surface area contributed by atoms with Crippen molar-refractivity contribution in [3.63, 3.8) is 0 Å². The number of nitrogens with one attached hydrogen (secondary N) is 1. The van der Waals surface area contributed by atoms with Gasteiger partial charge in [-0.25, -0.2) is 8.42 Å². The lowest BCUT2D eigenvalue weighted by molar-refractivity contribution is 0.601. The van der Waals surface area contributed by atoms with Crippen molar-refractivity contribution in [2.75, 3.05) is 4.72 Å². The molecule has 0 saturated carbocycles. The van der Waals surface area contributed by atoms with Crippen LogP contribution in [-0.2, 0) is 10.0 Å². The second kappa shape index (κ2) is 5.83. The quantitative estimate of drug-likeness (QED) is 0.850. The fraction of sp³-hybridized carbons (Fsp3) is 0.133. The fourth-order valence-electron chi connectivity index (χ4n) is 1.84. The summed E-state index contributed by atoms with van der Waals surface area (Å²) in [5, 5.41) is 0. The Hall–Kier alpha value is -1.92. The highest BCUT2D eigenvalue weighted by atomic mass is 32.2. The van der Waals surface area contributed by atoms with Gasteiger partial charge in [0.15, 0.2) is 0 Å². The van der Waals surface area contributed by atoms with Gasteiger partial charge in [0.25, 0.3) is 10.0 Å². The van der Waals surface area contributed by atoms with Gasteiger partial charge in [-0.05, 0) is 49.2 Å². The zero-order chi connectivity index (χ0) is 15.6. The van der Waals surface area contributed by atoms with E-state index >= 15 is 0 Å². The van der Waals surface area contributed by atoms with Crippen molar-refractivity contribution >= 4 is 32.9 Å². The number of anilines is 1. The Morgan fingerprint density at radius 3 is 2.43 bits per heavy atom. The first-order valence-electron chi connectivity index (χ1n) is 6.29. The van der Waals surface area contributed by atoms with Gasteiger partial charge in [0.1, 0.15) is 4.99 Å². The van der Waals surface area contributed by atoms with Gasteiger partial charge < -0.3 is 5.73 Å². The van der Waals surface area contributed by atoms with E-state index in [0.717, 1.165) is 11.1 Å². The predicted molar refractivity (Wildman–Crippen MR) is 89.1 cm³/mol. The molecule has 2 aromatic carbocycles. The van der Waals surface area contributed by atoms with E-state index in [-0.39, 0.29) is 9.88 Å². The lowest BCUT2D eigenvalue weighted by atomic mass is 10.1.